The van der Waals surface area contributed by atoms with E-state index >= 15 is 0 Å². The van der Waals surface area contributed by atoms with Gasteiger partial charge in [-0.3, -0.25) is 4.79 Å². The molecule has 0 radical (unpaired) electrons. The molecule has 0 aliphatic heterocycles. The molecule has 1 aromatic heterocycles. The molecule has 4 nitrogen and oxygen atoms in total. The average molecular weight is 363 g/mol. The Morgan fingerprint density at radius 2 is 1.81 bits per heavy atom. The summed E-state index contributed by atoms with van der Waals surface area (Å²) in [5, 5.41) is 6.65. The lowest BCUT2D eigenvalue weighted by Gasteiger charge is -2.09. The first-order chi connectivity index (χ1) is 12.3. The molecule has 0 spiro atoms. The van der Waals surface area contributed by atoms with Crippen molar-refractivity contribution in [2.45, 2.75) is 12.6 Å². The van der Waals surface area contributed by atoms with Crippen molar-refractivity contribution in [3.05, 3.63) is 77.7 Å². The van der Waals surface area contributed by atoms with E-state index in [0.717, 1.165) is 17.8 Å². The lowest BCUT2D eigenvalue weighted by molar-refractivity contribution is -0.137. The number of halogens is 4. The molecular formula is C18H13F4N3O. The second-order valence-electron chi connectivity index (χ2n) is 5.55. The lowest BCUT2D eigenvalue weighted by Crippen LogP contribution is -2.16. The Morgan fingerprint density at radius 1 is 1.08 bits per heavy atom. The van der Waals surface area contributed by atoms with E-state index in [4.69, 9.17) is 0 Å². The topological polar surface area (TPSA) is 46.9 Å². The summed E-state index contributed by atoms with van der Waals surface area (Å²) in [7, 11) is 0. The fraction of sp³-hybridized carbons (Fsp3) is 0.111. The van der Waals surface area contributed by atoms with Crippen LogP contribution >= 0.6 is 0 Å². The van der Waals surface area contributed by atoms with E-state index < -0.39 is 29.9 Å². The fourth-order valence-corrected chi connectivity index (χ4v) is 2.40. The van der Waals surface area contributed by atoms with Crippen molar-refractivity contribution < 1.29 is 22.4 Å². The van der Waals surface area contributed by atoms with Gasteiger partial charge in [0.2, 0.25) is 5.91 Å². The molecule has 0 unspecified atom stereocenters. The van der Waals surface area contributed by atoms with Gasteiger partial charge in [0, 0.05) is 12.3 Å². The van der Waals surface area contributed by atoms with Crippen LogP contribution in [-0.2, 0) is 17.4 Å². The quantitative estimate of drug-likeness (QED) is 0.706. The first-order valence-corrected chi connectivity index (χ1v) is 7.59. The van der Waals surface area contributed by atoms with Gasteiger partial charge in [-0.1, -0.05) is 18.2 Å². The molecule has 134 valence electrons. The number of hydrogen-bond acceptors (Lipinski definition) is 2. The molecule has 1 amide bonds. The molecule has 0 aliphatic rings. The standard InChI is InChI=1S/C18H13F4N3O/c19-14-9-12(8-13(11-14)18(20,21)22)10-17(26)23-16-6-7-25(24-16)15-4-2-1-3-5-15/h1-9,11H,10H2,(H,23,24,26). The van der Waals surface area contributed by atoms with Gasteiger partial charge in [0.1, 0.15) is 5.82 Å². The predicted molar refractivity (Wildman–Crippen MR) is 87.3 cm³/mol. The van der Waals surface area contributed by atoms with E-state index in [2.05, 4.69) is 10.4 Å². The third-order valence-corrected chi connectivity index (χ3v) is 3.53. The van der Waals surface area contributed by atoms with E-state index in [9.17, 15) is 22.4 Å². The van der Waals surface area contributed by atoms with Gasteiger partial charge >= 0.3 is 6.18 Å². The zero-order valence-electron chi connectivity index (χ0n) is 13.3. The van der Waals surface area contributed by atoms with Gasteiger partial charge in [0.15, 0.2) is 5.82 Å². The Bertz CT molecular complexity index is 920. The smallest absolute Gasteiger partial charge is 0.309 e. The number of hydrogen-bond donors (Lipinski definition) is 1. The van der Waals surface area contributed by atoms with Crippen LogP contribution in [0.3, 0.4) is 0 Å². The van der Waals surface area contributed by atoms with Crippen molar-refractivity contribution in [1.29, 1.82) is 0 Å². The molecule has 26 heavy (non-hydrogen) atoms. The van der Waals surface area contributed by atoms with E-state index in [0.29, 0.717) is 6.07 Å². The van der Waals surface area contributed by atoms with Crippen molar-refractivity contribution in [2.24, 2.45) is 0 Å². The number of amides is 1. The predicted octanol–water partition coefficient (Wildman–Crippen LogP) is 4.21. The second kappa shape index (κ2) is 6.99. The molecule has 0 atom stereocenters. The van der Waals surface area contributed by atoms with Crippen LogP contribution in [0.25, 0.3) is 5.69 Å². The summed E-state index contributed by atoms with van der Waals surface area (Å²) in [6.45, 7) is 0. The summed E-state index contributed by atoms with van der Waals surface area (Å²) in [6.07, 6.45) is -3.45. The molecule has 2 aromatic carbocycles. The van der Waals surface area contributed by atoms with E-state index in [1.807, 2.05) is 30.3 Å². The van der Waals surface area contributed by atoms with Crippen molar-refractivity contribution >= 4 is 11.7 Å². The highest BCUT2D eigenvalue weighted by Gasteiger charge is 2.31. The fourth-order valence-electron chi connectivity index (χ4n) is 2.40. The molecule has 1 N–H and O–H groups in total. The number of carbonyl (C=O) groups excluding carboxylic acids is 1. The molecular weight excluding hydrogens is 350 g/mol. The Morgan fingerprint density at radius 3 is 2.50 bits per heavy atom. The molecule has 3 aromatic rings. The number of benzene rings is 2. The minimum Gasteiger partial charge on any atom is -0.309 e. The van der Waals surface area contributed by atoms with Gasteiger partial charge in [0.05, 0.1) is 17.7 Å². The number of carbonyl (C=O) groups is 1. The molecule has 0 aliphatic carbocycles. The summed E-state index contributed by atoms with van der Waals surface area (Å²) in [4.78, 5) is 12.0. The highest BCUT2D eigenvalue weighted by Crippen LogP contribution is 2.30. The number of nitrogens with one attached hydrogen (secondary N) is 1. The summed E-state index contributed by atoms with van der Waals surface area (Å²) in [5.41, 5.74) is -0.418. The van der Waals surface area contributed by atoms with Crippen LogP contribution in [0.1, 0.15) is 11.1 Å². The lowest BCUT2D eigenvalue weighted by atomic mass is 10.1. The van der Waals surface area contributed by atoms with Crippen LogP contribution in [0.2, 0.25) is 0 Å². The largest absolute Gasteiger partial charge is 0.416 e. The van der Waals surface area contributed by atoms with E-state index in [-0.39, 0.29) is 11.4 Å². The minimum absolute atomic E-state index is 0.0719. The molecule has 3 rings (SSSR count). The van der Waals surface area contributed by atoms with Crippen molar-refractivity contribution in [3.63, 3.8) is 0 Å². The second-order valence-corrected chi connectivity index (χ2v) is 5.55. The van der Waals surface area contributed by atoms with Crippen LogP contribution in [0.5, 0.6) is 0 Å². The Kier molecular flexibility index (Phi) is 4.75. The number of nitrogens with zero attached hydrogens (tertiary/aromatic N) is 2. The van der Waals surface area contributed by atoms with Gasteiger partial charge in [-0.15, -0.1) is 0 Å². The zero-order chi connectivity index (χ0) is 18.7. The number of para-hydroxylation sites is 1. The van der Waals surface area contributed by atoms with Crippen LogP contribution in [0.15, 0.2) is 60.8 Å². The monoisotopic (exact) mass is 363 g/mol. The molecule has 1 heterocycles. The van der Waals surface area contributed by atoms with Crippen LogP contribution < -0.4 is 5.32 Å². The summed E-state index contributed by atoms with van der Waals surface area (Å²) in [5.74, 6) is -1.40. The summed E-state index contributed by atoms with van der Waals surface area (Å²) in [6, 6.07) is 12.8. The zero-order valence-corrected chi connectivity index (χ0v) is 13.3. The summed E-state index contributed by atoms with van der Waals surface area (Å²) >= 11 is 0. The maximum atomic E-state index is 13.4. The van der Waals surface area contributed by atoms with Crippen LogP contribution in [-0.4, -0.2) is 15.7 Å². The first kappa shape index (κ1) is 17.7. The molecule has 0 saturated heterocycles. The SMILES string of the molecule is O=C(Cc1cc(F)cc(C(F)(F)F)c1)Nc1ccn(-c2ccccc2)n1. The van der Waals surface area contributed by atoms with Crippen molar-refractivity contribution in [2.75, 3.05) is 5.32 Å². The normalized spacial score (nSPS) is 11.4. The number of anilines is 1. The van der Waals surface area contributed by atoms with Crippen molar-refractivity contribution in [1.82, 2.24) is 9.78 Å². The van der Waals surface area contributed by atoms with E-state index in [1.54, 1.807) is 16.9 Å². The molecule has 0 saturated carbocycles. The number of alkyl halides is 3. The molecule has 0 bridgehead atoms. The van der Waals surface area contributed by atoms with Crippen molar-refractivity contribution in [3.8, 4) is 5.69 Å². The maximum absolute atomic E-state index is 13.4. The van der Waals surface area contributed by atoms with Gasteiger partial charge in [-0.25, -0.2) is 9.07 Å². The molecule has 0 fully saturated rings. The third-order valence-electron chi connectivity index (χ3n) is 3.53. The average Bonchev–Trinajstić information content (AvgIpc) is 3.02. The highest BCUT2D eigenvalue weighted by molar-refractivity contribution is 5.91. The third kappa shape index (κ3) is 4.27. The van der Waals surface area contributed by atoms with Gasteiger partial charge in [-0.05, 0) is 35.9 Å². The van der Waals surface area contributed by atoms with E-state index in [1.165, 1.54) is 0 Å². The van der Waals surface area contributed by atoms with Gasteiger partial charge in [-0.2, -0.15) is 18.3 Å². The Hall–Kier alpha value is -3.16. The maximum Gasteiger partial charge on any atom is 0.416 e. The summed E-state index contributed by atoms with van der Waals surface area (Å²) < 4.78 is 53.1. The highest BCUT2D eigenvalue weighted by atomic mass is 19.4. The Balaban J connectivity index is 1.70. The van der Waals surface area contributed by atoms with Gasteiger partial charge in [0.25, 0.3) is 0 Å². The van der Waals surface area contributed by atoms with Crippen LogP contribution in [0, 0.1) is 5.82 Å². The minimum atomic E-state index is -4.68. The molecule has 8 heteroatoms. The number of rotatable bonds is 4. The van der Waals surface area contributed by atoms with Crippen LogP contribution in [0.4, 0.5) is 23.4 Å². The number of aromatic nitrogens is 2. The Labute approximate surface area is 146 Å². The first-order valence-electron chi connectivity index (χ1n) is 7.59. The van der Waals surface area contributed by atoms with Gasteiger partial charge < -0.3 is 5.32 Å².